The zero-order valence-corrected chi connectivity index (χ0v) is 17.4. The van der Waals surface area contributed by atoms with E-state index >= 15 is 0 Å². The highest BCUT2D eigenvalue weighted by Crippen LogP contribution is 2.28. The number of piperazine rings is 1. The van der Waals surface area contributed by atoms with Crippen LogP contribution in [0.4, 0.5) is 5.69 Å². The summed E-state index contributed by atoms with van der Waals surface area (Å²) in [4.78, 5) is 32.5. The predicted molar refractivity (Wildman–Crippen MR) is 118 cm³/mol. The van der Waals surface area contributed by atoms with Gasteiger partial charge in [0, 0.05) is 37.1 Å². The maximum atomic E-state index is 12.9. The van der Waals surface area contributed by atoms with Gasteiger partial charge in [-0.3, -0.25) is 9.59 Å². The molecule has 0 radical (unpaired) electrons. The first-order valence-electron chi connectivity index (χ1n) is 10.3. The Kier molecular flexibility index (Phi) is 6.08. The molecule has 2 amide bonds. The van der Waals surface area contributed by atoms with E-state index in [0.717, 1.165) is 22.3 Å². The lowest BCUT2D eigenvalue weighted by Crippen LogP contribution is -2.56. The largest absolute Gasteiger partial charge is 0.495 e. The number of rotatable bonds is 6. The molecule has 162 valence electrons. The van der Waals surface area contributed by atoms with Gasteiger partial charge in [-0.2, -0.15) is 0 Å². The normalized spacial score (nSPS) is 15.0. The van der Waals surface area contributed by atoms with Gasteiger partial charge in [0.05, 0.1) is 19.4 Å². The topological polar surface area (TPSA) is 97.9 Å². The predicted octanol–water partition coefficient (Wildman–Crippen LogP) is 1.62. The van der Waals surface area contributed by atoms with Crippen LogP contribution < -0.4 is 15.0 Å². The zero-order valence-electron chi connectivity index (χ0n) is 17.4. The number of para-hydroxylation sites is 3. The third-order valence-corrected chi connectivity index (χ3v) is 5.58. The second-order valence-electron chi connectivity index (χ2n) is 7.46. The third-order valence-electron chi connectivity index (χ3n) is 5.58. The van der Waals surface area contributed by atoms with Crippen LogP contribution in [0, 0.1) is 0 Å². The third kappa shape index (κ3) is 4.34. The van der Waals surface area contributed by atoms with Crippen molar-refractivity contribution in [3.63, 3.8) is 0 Å². The van der Waals surface area contributed by atoms with Gasteiger partial charge in [-0.25, -0.2) is 0 Å². The van der Waals surface area contributed by atoms with E-state index in [0.29, 0.717) is 31.9 Å². The summed E-state index contributed by atoms with van der Waals surface area (Å²) in [6.45, 7) is 1.81. The number of amides is 2. The molecule has 31 heavy (non-hydrogen) atoms. The summed E-state index contributed by atoms with van der Waals surface area (Å²) in [6, 6.07) is 16.1. The Morgan fingerprint density at radius 3 is 2.52 bits per heavy atom. The van der Waals surface area contributed by atoms with Crippen molar-refractivity contribution in [2.45, 2.75) is 6.04 Å². The number of ether oxygens (including phenoxy) is 1. The Bertz CT molecular complexity index is 1040. The molecule has 1 aliphatic rings. The monoisotopic (exact) mass is 422 g/mol. The molecule has 1 fully saturated rings. The number of carbonyl (C=O) groups excluding carboxylic acids is 2. The molecule has 2 aromatic carbocycles. The van der Waals surface area contributed by atoms with Gasteiger partial charge in [0.1, 0.15) is 17.5 Å². The lowest BCUT2D eigenvalue weighted by molar-refractivity contribution is -0.134. The maximum Gasteiger partial charge on any atom is 0.268 e. The first-order valence-corrected chi connectivity index (χ1v) is 10.3. The quantitative estimate of drug-likeness (QED) is 0.561. The van der Waals surface area contributed by atoms with Gasteiger partial charge < -0.3 is 29.9 Å². The van der Waals surface area contributed by atoms with Crippen molar-refractivity contribution in [3.8, 4) is 5.75 Å². The molecule has 3 aromatic rings. The summed E-state index contributed by atoms with van der Waals surface area (Å²) in [5.74, 6) is 0.0870. The second kappa shape index (κ2) is 9.09. The number of H-pyrrole nitrogens is 1. The highest BCUT2D eigenvalue weighted by molar-refractivity contribution is 6.00. The Balaban J connectivity index is 1.38. The summed E-state index contributed by atoms with van der Waals surface area (Å²) >= 11 is 0. The number of carbonyl (C=O) groups is 2. The molecular formula is C23H26N4O4. The van der Waals surface area contributed by atoms with Gasteiger partial charge in [-0.05, 0) is 24.3 Å². The van der Waals surface area contributed by atoms with Crippen LogP contribution >= 0.6 is 0 Å². The fraction of sp³-hybridized carbons (Fsp3) is 0.304. The van der Waals surface area contributed by atoms with Gasteiger partial charge in [0.25, 0.3) is 5.91 Å². The van der Waals surface area contributed by atoms with Crippen LogP contribution in [0.3, 0.4) is 0 Å². The summed E-state index contributed by atoms with van der Waals surface area (Å²) in [5.41, 5.74) is 2.18. The molecule has 4 rings (SSSR count). The molecule has 0 saturated carbocycles. The number of nitrogens with one attached hydrogen (secondary N) is 2. The Morgan fingerprint density at radius 1 is 1.10 bits per heavy atom. The SMILES string of the molecule is COc1ccccc1N1CCN(C(=O)[C@H](CO)NC(=O)c2cc3ccccc3[nH]2)CC1. The Hall–Kier alpha value is -3.52. The summed E-state index contributed by atoms with van der Waals surface area (Å²) in [6.07, 6.45) is 0. The summed E-state index contributed by atoms with van der Waals surface area (Å²) in [7, 11) is 1.64. The van der Waals surface area contributed by atoms with Crippen molar-refractivity contribution in [2.24, 2.45) is 0 Å². The van der Waals surface area contributed by atoms with Gasteiger partial charge in [0.2, 0.25) is 5.91 Å². The highest BCUT2D eigenvalue weighted by Gasteiger charge is 2.29. The van der Waals surface area contributed by atoms with E-state index in [1.54, 1.807) is 18.1 Å². The Labute approximate surface area is 180 Å². The number of fused-ring (bicyclic) bond motifs is 1. The molecule has 1 aromatic heterocycles. The van der Waals surface area contributed by atoms with E-state index in [1.165, 1.54) is 0 Å². The number of hydrogen-bond donors (Lipinski definition) is 3. The van der Waals surface area contributed by atoms with E-state index in [9.17, 15) is 14.7 Å². The first-order chi connectivity index (χ1) is 15.1. The average Bonchev–Trinajstić information content (AvgIpc) is 3.26. The lowest BCUT2D eigenvalue weighted by Gasteiger charge is -2.37. The van der Waals surface area contributed by atoms with Crippen molar-refractivity contribution in [3.05, 3.63) is 60.3 Å². The molecule has 2 heterocycles. The number of aromatic nitrogens is 1. The fourth-order valence-corrected chi connectivity index (χ4v) is 3.90. The van der Waals surface area contributed by atoms with E-state index in [4.69, 9.17) is 4.74 Å². The second-order valence-corrected chi connectivity index (χ2v) is 7.46. The van der Waals surface area contributed by atoms with Crippen molar-refractivity contribution in [1.82, 2.24) is 15.2 Å². The molecule has 0 unspecified atom stereocenters. The zero-order chi connectivity index (χ0) is 21.8. The van der Waals surface area contributed by atoms with Crippen LogP contribution in [0.15, 0.2) is 54.6 Å². The summed E-state index contributed by atoms with van der Waals surface area (Å²) in [5, 5.41) is 13.3. The summed E-state index contributed by atoms with van der Waals surface area (Å²) < 4.78 is 5.43. The highest BCUT2D eigenvalue weighted by atomic mass is 16.5. The number of hydrogen-bond acceptors (Lipinski definition) is 5. The van der Waals surface area contributed by atoms with E-state index in [-0.39, 0.29) is 5.91 Å². The Morgan fingerprint density at radius 2 is 1.81 bits per heavy atom. The number of anilines is 1. The van der Waals surface area contributed by atoms with Crippen molar-refractivity contribution in [2.75, 3.05) is 44.8 Å². The number of aromatic amines is 1. The standard InChI is InChI=1S/C23H26N4O4/c1-31-21-9-5-4-8-20(21)26-10-12-27(13-11-26)23(30)19(15-28)25-22(29)18-14-16-6-2-3-7-17(16)24-18/h2-9,14,19,24,28H,10-13,15H2,1H3,(H,25,29)/t19-/m0/s1. The molecule has 1 atom stereocenters. The fourth-order valence-electron chi connectivity index (χ4n) is 3.90. The molecule has 3 N–H and O–H groups in total. The van der Waals surface area contributed by atoms with Crippen molar-refractivity contribution in [1.29, 1.82) is 0 Å². The molecular weight excluding hydrogens is 396 g/mol. The van der Waals surface area contributed by atoms with Crippen LogP contribution in [0.5, 0.6) is 5.75 Å². The molecule has 8 heteroatoms. The van der Waals surface area contributed by atoms with Gasteiger partial charge in [-0.15, -0.1) is 0 Å². The number of methoxy groups -OCH3 is 1. The van der Waals surface area contributed by atoms with Crippen LogP contribution in [0.2, 0.25) is 0 Å². The van der Waals surface area contributed by atoms with Crippen LogP contribution in [-0.4, -0.2) is 72.7 Å². The number of aliphatic hydroxyl groups is 1. The maximum absolute atomic E-state index is 12.9. The minimum atomic E-state index is -0.989. The van der Waals surface area contributed by atoms with Crippen LogP contribution in [0.25, 0.3) is 10.9 Å². The van der Waals surface area contributed by atoms with Gasteiger partial charge >= 0.3 is 0 Å². The van der Waals surface area contributed by atoms with Crippen molar-refractivity contribution >= 4 is 28.4 Å². The molecule has 0 spiro atoms. The van der Waals surface area contributed by atoms with E-state index in [1.807, 2.05) is 48.5 Å². The van der Waals surface area contributed by atoms with Gasteiger partial charge in [0.15, 0.2) is 0 Å². The number of nitrogens with zero attached hydrogens (tertiary/aromatic N) is 2. The smallest absolute Gasteiger partial charge is 0.268 e. The van der Waals surface area contributed by atoms with E-state index < -0.39 is 18.6 Å². The average molecular weight is 422 g/mol. The number of aliphatic hydroxyl groups excluding tert-OH is 1. The lowest BCUT2D eigenvalue weighted by atomic mass is 10.2. The minimum absolute atomic E-state index is 0.286. The van der Waals surface area contributed by atoms with Crippen LogP contribution in [-0.2, 0) is 4.79 Å². The molecule has 8 nitrogen and oxygen atoms in total. The minimum Gasteiger partial charge on any atom is -0.495 e. The molecule has 0 aliphatic carbocycles. The van der Waals surface area contributed by atoms with Gasteiger partial charge in [-0.1, -0.05) is 30.3 Å². The van der Waals surface area contributed by atoms with Crippen molar-refractivity contribution < 1.29 is 19.4 Å². The van der Waals surface area contributed by atoms with Crippen LogP contribution in [0.1, 0.15) is 10.5 Å². The van der Waals surface area contributed by atoms with E-state index in [2.05, 4.69) is 15.2 Å². The molecule has 1 aliphatic heterocycles. The molecule has 0 bridgehead atoms. The first kappa shape index (κ1) is 20.7. The number of benzene rings is 2. The molecule has 1 saturated heterocycles.